The predicted octanol–water partition coefficient (Wildman–Crippen LogP) is 3.03. The van der Waals surface area contributed by atoms with Crippen molar-refractivity contribution in [1.82, 2.24) is 9.13 Å². The average molecular weight is 439 g/mol. The highest BCUT2D eigenvalue weighted by atomic mass is 35.5. The van der Waals surface area contributed by atoms with Crippen molar-refractivity contribution in [3.8, 4) is 11.5 Å². The van der Waals surface area contributed by atoms with E-state index >= 15 is 0 Å². The summed E-state index contributed by atoms with van der Waals surface area (Å²) in [4.78, 5) is 13.1. The minimum Gasteiger partial charge on any atom is -0.493 e. The van der Waals surface area contributed by atoms with Crippen molar-refractivity contribution in [1.29, 1.82) is 0 Å². The molecule has 0 bridgehead atoms. The quantitative estimate of drug-likeness (QED) is 0.566. The van der Waals surface area contributed by atoms with E-state index in [2.05, 4.69) is 0 Å². The third kappa shape index (κ3) is 4.28. The maximum Gasteiger partial charge on any atom is 0.329 e. The third-order valence-corrected chi connectivity index (χ3v) is 5.85. The molecule has 3 rings (SSSR count). The number of methoxy groups -OCH3 is 1. The van der Waals surface area contributed by atoms with E-state index in [0.717, 1.165) is 6.26 Å². The molecule has 0 aliphatic rings. The van der Waals surface area contributed by atoms with Gasteiger partial charge in [0.15, 0.2) is 11.5 Å². The van der Waals surface area contributed by atoms with Gasteiger partial charge in [-0.25, -0.2) is 13.2 Å². The summed E-state index contributed by atoms with van der Waals surface area (Å²) in [6, 6.07) is 9.53. The lowest BCUT2D eigenvalue weighted by atomic mass is 10.1. The SMILES string of the molecule is CCOc1cc(C(CS(C)(=O)=O)n2c(=O)n(C)c3cc(Cl)ccc32)ccc1OC. The summed E-state index contributed by atoms with van der Waals surface area (Å²) >= 11 is 6.09. The topological polar surface area (TPSA) is 79.5 Å². The van der Waals surface area contributed by atoms with Crippen LogP contribution in [0.3, 0.4) is 0 Å². The van der Waals surface area contributed by atoms with Crippen molar-refractivity contribution in [3.05, 3.63) is 57.5 Å². The molecule has 0 saturated carbocycles. The summed E-state index contributed by atoms with van der Waals surface area (Å²) in [5.74, 6) is 0.778. The number of nitrogens with zero attached hydrogens (tertiary/aromatic N) is 2. The second kappa shape index (κ2) is 8.12. The monoisotopic (exact) mass is 438 g/mol. The van der Waals surface area contributed by atoms with Crippen molar-refractivity contribution in [2.24, 2.45) is 7.05 Å². The van der Waals surface area contributed by atoms with Gasteiger partial charge in [-0.1, -0.05) is 17.7 Å². The van der Waals surface area contributed by atoms with Gasteiger partial charge in [-0.15, -0.1) is 0 Å². The van der Waals surface area contributed by atoms with Crippen LogP contribution >= 0.6 is 11.6 Å². The number of sulfone groups is 1. The van der Waals surface area contributed by atoms with Crippen LogP contribution in [-0.4, -0.2) is 43.3 Å². The number of halogens is 1. The molecule has 7 nitrogen and oxygen atoms in total. The second-order valence-electron chi connectivity index (χ2n) is 6.80. The Balaban J connectivity index is 2.28. The lowest BCUT2D eigenvalue weighted by Crippen LogP contribution is -2.30. The van der Waals surface area contributed by atoms with Crippen molar-refractivity contribution in [2.45, 2.75) is 13.0 Å². The molecular weight excluding hydrogens is 416 g/mol. The number of benzene rings is 2. The van der Waals surface area contributed by atoms with Gasteiger partial charge < -0.3 is 9.47 Å². The van der Waals surface area contributed by atoms with Crippen molar-refractivity contribution in [2.75, 3.05) is 25.7 Å². The largest absolute Gasteiger partial charge is 0.493 e. The summed E-state index contributed by atoms with van der Waals surface area (Å²) < 4.78 is 38.4. The fourth-order valence-corrected chi connectivity index (χ4v) is 4.49. The molecule has 1 aromatic heterocycles. The smallest absolute Gasteiger partial charge is 0.329 e. The van der Waals surface area contributed by atoms with Gasteiger partial charge in [0.25, 0.3) is 0 Å². The fourth-order valence-electron chi connectivity index (χ4n) is 3.41. The van der Waals surface area contributed by atoms with Crippen LogP contribution in [0.15, 0.2) is 41.2 Å². The Hall–Kier alpha value is -2.45. The van der Waals surface area contributed by atoms with E-state index in [1.807, 2.05) is 6.92 Å². The number of fused-ring (bicyclic) bond motifs is 1. The Kier molecular flexibility index (Phi) is 5.95. The van der Waals surface area contributed by atoms with Gasteiger partial charge >= 0.3 is 5.69 Å². The number of imidazole rings is 1. The highest BCUT2D eigenvalue weighted by Gasteiger charge is 2.26. The zero-order valence-corrected chi connectivity index (χ0v) is 18.2. The fraction of sp³-hybridized carbons (Fsp3) is 0.350. The molecule has 29 heavy (non-hydrogen) atoms. The Morgan fingerprint density at radius 1 is 1.10 bits per heavy atom. The van der Waals surface area contributed by atoms with Crippen LogP contribution < -0.4 is 15.2 Å². The summed E-state index contributed by atoms with van der Waals surface area (Å²) in [6.45, 7) is 2.27. The lowest BCUT2D eigenvalue weighted by Gasteiger charge is -2.20. The van der Waals surface area contributed by atoms with Crippen LogP contribution in [-0.2, 0) is 16.9 Å². The molecule has 0 N–H and O–H groups in total. The number of ether oxygens (including phenoxy) is 2. The molecule has 9 heteroatoms. The summed E-state index contributed by atoms with van der Waals surface area (Å²) in [5.41, 5.74) is 1.53. The van der Waals surface area contributed by atoms with Gasteiger partial charge in [0.1, 0.15) is 9.84 Å². The molecule has 1 atom stereocenters. The zero-order chi connectivity index (χ0) is 21.3. The number of hydrogen-bond donors (Lipinski definition) is 0. The van der Waals surface area contributed by atoms with Crippen LogP contribution in [0.1, 0.15) is 18.5 Å². The molecule has 156 valence electrons. The molecule has 2 aromatic carbocycles. The highest BCUT2D eigenvalue weighted by molar-refractivity contribution is 7.90. The average Bonchev–Trinajstić information content (AvgIpc) is 2.90. The minimum atomic E-state index is -3.41. The van der Waals surface area contributed by atoms with E-state index in [1.54, 1.807) is 43.4 Å². The molecule has 1 heterocycles. The first-order valence-electron chi connectivity index (χ1n) is 9.01. The second-order valence-corrected chi connectivity index (χ2v) is 9.42. The summed E-state index contributed by atoms with van der Waals surface area (Å²) in [5, 5.41) is 0.494. The first-order chi connectivity index (χ1) is 13.7. The van der Waals surface area contributed by atoms with Crippen molar-refractivity contribution in [3.63, 3.8) is 0 Å². The molecule has 0 radical (unpaired) electrons. The van der Waals surface area contributed by atoms with Gasteiger partial charge in [0.2, 0.25) is 0 Å². The molecule has 0 aliphatic carbocycles. The van der Waals surface area contributed by atoms with Gasteiger partial charge in [0.05, 0.1) is 36.5 Å². The Bertz CT molecular complexity index is 1210. The standard InChI is InChI=1S/C20H23ClN2O5S/c1-5-28-19-10-13(6-9-18(19)27-3)17(12-29(4,25)26)23-15-8-7-14(21)11-16(15)22(2)20(23)24/h6-11,17H,5,12H2,1-4H3. The van der Waals surface area contributed by atoms with E-state index in [4.69, 9.17) is 21.1 Å². The Morgan fingerprint density at radius 3 is 2.45 bits per heavy atom. The van der Waals surface area contributed by atoms with Crippen LogP contribution in [0.5, 0.6) is 11.5 Å². The maximum absolute atomic E-state index is 13.1. The third-order valence-electron chi connectivity index (χ3n) is 4.70. The molecule has 0 spiro atoms. The number of hydrogen-bond acceptors (Lipinski definition) is 5. The normalized spacial score (nSPS) is 12.9. The molecule has 3 aromatic rings. The lowest BCUT2D eigenvalue weighted by molar-refractivity contribution is 0.310. The van der Waals surface area contributed by atoms with E-state index in [0.29, 0.717) is 39.7 Å². The van der Waals surface area contributed by atoms with Gasteiger partial charge in [-0.2, -0.15) is 0 Å². The molecule has 0 aliphatic heterocycles. The number of rotatable bonds is 7. The number of aryl methyl sites for hydroxylation is 1. The van der Waals surface area contributed by atoms with E-state index in [9.17, 15) is 13.2 Å². The molecule has 0 fully saturated rings. The van der Waals surface area contributed by atoms with Crippen molar-refractivity contribution >= 4 is 32.5 Å². The number of aromatic nitrogens is 2. The van der Waals surface area contributed by atoms with Crippen LogP contribution in [0.2, 0.25) is 5.02 Å². The van der Waals surface area contributed by atoms with E-state index in [1.165, 1.54) is 16.2 Å². The molecule has 1 unspecified atom stereocenters. The summed E-state index contributed by atoms with van der Waals surface area (Å²) in [6.07, 6.45) is 1.15. The minimum absolute atomic E-state index is 0.244. The molecule has 0 saturated heterocycles. The highest BCUT2D eigenvalue weighted by Crippen LogP contribution is 2.33. The van der Waals surface area contributed by atoms with Crippen molar-refractivity contribution < 1.29 is 17.9 Å². The van der Waals surface area contributed by atoms with Crippen LogP contribution in [0.25, 0.3) is 11.0 Å². The summed E-state index contributed by atoms with van der Waals surface area (Å²) in [7, 11) is -0.246. The maximum atomic E-state index is 13.1. The van der Waals surface area contributed by atoms with Gasteiger partial charge in [-0.3, -0.25) is 9.13 Å². The predicted molar refractivity (Wildman–Crippen MR) is 114 cm³/mol. The first-order valence-corrected chi connectivity index (χ1v) is 11.4. The van der Waals surface area contributed by atoms with E-state index < -0.39 is 15.9 Å². The van der Waals surface area contributed by atoms with Gasteiger partial charge in [0, 0.05) is 18.3 Å². The Labute approximate surface area is 174 Å². The van der Waals surface area contributed by atoms with E-state index in [-0.39, 0.29) is 11.4 Å². The zero-order valence-electron chi connectivity index (χ0n) is 16.7. The Morgan fingerprint density at radius 2 is 1.83 bits per heavy atom. The first kappa shape index (κ1) is 21.3. The van der Waals surface area contributed by atoms with Crippen LogP contribution in [0, 0.1) is 0 Å². The van der Waals surface area contributed by atoms with Crippen LogP contribution in [0.4, 0.5) is 0 Å². The molecular formula is C20H23ClN2O5S. The van der Waals surface area contributed by atoms with Gasteiger partial charge in [-0.05, 0) is 42.8 Å². The molecule has 0 amide bonds.